The number of benzene rings is 3. The Labute approximate surface area is 163 Å². The van der Waals surface area contributed by atoms with Crippen molar-refractivity contribution in [3.8, 4) is 17.2 Å². The summed E-state index contributed by atoms with van der Waals surface area (Å²) in [5.41, 5.74) is 10.8. The van der Waals surface area contributed by atoms with E-state index in [1.54, 1.807) is 6.21 Å². The predicted octanol–water partition coefficient (Wildman–Crippen LogP) is 4.81. The van der Waals surface area contributed by atoms with Gasteiger partial charge in [0.1, 0.15) is 0 Å². The number of amidine groups is 1. The summed E-state index contributed by atoms with van der Waals surface area (Å²) in [4.78, 5) is 0. The highest BCUT2D eigenvalue weighted by atomic mass is 32.2. The van der Waals surface area contributed by atoms with Crippen molar-refractivity contribution in [3.63, 3.8) is 0 Å². The molecule has 0 aliphatic carbocycles. The van der Waals surface area contributed by atoms with Gasteiger partial charge in [-0.25, -0.2) is 0 Å². The summed E-state index contributed by atoms with van der Waals surface area (Å²) in [5.74, 6) is 0.764. The first-order chi connectivity index (χ1) is 13.2. The van der Waals surface area contributed by atoms with Crippen LogP contribution in [0.1, 0.15) is 16.7 Å². The Bertz CT molecular complexity index is 987. The number of rotatable bonds is 5. The predicted molar refractivity (Wildman–Crippen MR) is 114 cm³/mol. The Morgan fingerprint density at radius 3 is 2.48 bits per heavy atom. The molecule has 0 saturated carbocycles. The lowest BCUT2D eigenvalue weighted by Crippen LogP contribution is -2.05. The summed E-state index contributed by atoms with van der Waals surface area (Å²) in [5, 5.41) is 17.5. The first kappa shape index (κ1) is 18.4. The van der Waals surface area contributed by atoms with Crippen molar-refractivity contribution in [3.05, 3.63) is 95.6 Å². The fourth-order valence-electron chi connectivity index (χ4n) is 2.45. The fraction of sp³-hybridized carbons (Fsp3) is 0.0455. The molecule has 0 saturated heterocycles. The third-order valence-corrected chi connectivity index (χ3v) is 4.68. The van der Waals surface area contributed by atoms with Gasteiger partial charge in [-0.15, -0.1) is 5.10 Å². The molecular formula is C22H18N4S. The maximum Gasteiger partial charge on any atom is 0.180 e. The Morgan fingerprint density at radius 2 is 1.74 bits per heavy atom. The van der Waals surface area contributed by atoms with Crippen molar-refractivity contribution in [2.24, 2.45) is 15.9 Å². The van der Waals surface area contributed by atoms with Gasteiger partial charge >= 0.3 is 0 Å². The molecule has 27 heavy (non-hydrogen) atoms. The van der Waals surface area contributed by atoms with E-state index >= 15 is 0 Å². The maximum atomic E-state index is 8.90. The van der Waals surface area contributed by atoms with Gasteiger partial charge in [0.15, 0.2) is 5.17 Å². The largest absolute Gasteiger partial charge is 0.377 e. The lowest BCUT2D eigenvalue weighted by atomic mass is 10.0. The van der Waals surface area contributed by atoms with Crippen LogP contribution in [0.15, 0.2) is 89.1 Å². The number of nitrogens with zero attached hydrogens (tertiary/aromatic N) is 3. The van der Waals surface area contributed by atoms with E-state index in [4.69, 9.17) is 11.0 Å². The minimum Gasteiger partial charge on any atom is -0.377 e. The first-order valence-corrected chi connectivity index (χ1v) is 9.37. The van der Waals surface area contributed by atoms with E-state index in [1.807, 2.05) is 66.7 Å². The molecule has 0 aliphatic rings. The third-order valence-electron chi connectivity index (χ3n) is 3.83. The Kier molecular flexibility index (Phi) is 6.40. The quantitative estimate of drug-likeness (QED) is 0.398. The van der Waals surface area contributed by atoms with E-state index in [9.17, 15) is 0 Å². The van der Waals surface area contributed by atoms with Crippen molar-refractivity contribution in [2.75, 3.05) is 0 Å². The lowest BCUT2D eigenvalue weighted by molar-refractivity contribution is 1.25. The molecule has 0 aliphatic heterocycles. The second-order valence-electron chi connectivity index (χ2n) is 5.77. The van der Waals surface area contributed by atoms with Crippen LogP contribution in [0.2, 0.25) is 0 Å². The number of nitrogens with two attached hydrogens (primary N) is 1. The molecule has 0 amide bonds. The molecule has 3 rings (SSSR count). The standard InChI is InChI=1S/C22H18N4S/c23-14-17-9-11-20(12-10-17)21-8-4-7-19(13-21)15-25-26-22(24)27-16-18-5-2-1-3-6-18/h1-13,15H,16H2,(H2,24,26). The zero-order valence-corrected chi connectivity index (χ0v) is 15.4. The van der Waals surface area contributed by atoms with Crippen molar-refractivity contribution >= 4 is 23.1 Å². The van der Waals surface area contributed by atoms with Crippen LogP contribution in [0.3, 0.4) is 0 Å². The summed E-state index contributed by atoms with van der Waals surface area (Å²) in [6.07, 6.45) is 1.68. The lowest BCUT2D eigenvalue weighted by Gasteiger charge is -2.03. The molecule has 2 N–H and O–H groups in total. The summed E-state index contributed by atoms with van der Waals surface area (Å²) in [6.45, 7) is 0. The highest BCUT2D eigenvalue weighted by Gasteiger charge is 1.99. The van der Waals surface area contributed by atoms with Crippen LogP contribution in [-0.4, -0.2) is 11.4 Å². The number of thioether (sulfide) groups is 1. The van der Waals surface area contributed by atoms with Crippen LogP contribution >= 0.6 is 11.8 Å². The van der Waals surface area contributed by atoms with Gasteiger partial charge in [-0.2, -0.15) is 10.4 Å². The SMILES string of the molecule is N#Cc1ccc(-c2cccc(C=NN=C(N)SCc3ccccc3)c2)cc1. The summed E-state index contributed by atoms with van der Waals surface area (Å²) >= 11 is 1.46. The zero-order chi connectivity index (χ0) is 18.9. The Hall–Kier alpha value is -3.36. The summed E-state index contributed by atoms with van der Waals surface area (Å²) < 4.78 is 0. The van der Waals surface area contributed by atoms with Crippen LogP contribution in [0.4, 0.5) is 0 Å². The number of hydrogen-bond acceptors (Lipinski definition) is 4. The Balaban J connectivity index is 1.63. The van der Waals surface area contributed by atoms with E-state index in [2.05, 4.69) is 28.4 Å². The van der Waals surface area contributed by atoms with E-state index in [1.165, 1.54) is 17.3 Å². The van der Waals surface area contributed by atoms with Crippen molar-refractivity contribution in [1.82, 2.24) is 0 Å². The van der Waals surface area contributed by atoms with Gasteiger partial charge in [-0.1, -0.05) is 72.4 Å². The highest BCUT2D eigenvalue weighted by Crippen LogP contribution is 2.20. The van der Waals surface area contributed by atoms with E-state index < -0.39 is 0 Å². The number of hydrogen-bond donors (Lipinski definition) is 1. The van der Waals surface area contributed by atoms with Crippen LogP contribution in [-0.2, 0) is 5.75 Å². The molecule has 4 nitrogen and oxygen atoms in total. The molecule has 0 radical (unpaired) electrons. The van der Waals surface area contributed by atoms with Gasteiger partial charge in [-0.05, 0) is 40.5 Å². The molecule has 0 bridgehead atoms. The van der Waals surface area contributed by atoms with Gasteiger partial charge in [-0.3, -0.25) is 0 Å². The van der Waals surface area contributed by atoms with Crippen molar-refractivity contribution in [1.29, 1.82) is 5.26 Å². The molecule has 3 aromatic carbocycles. The minimum atomic E-state index is 0.429. The van der Waals surface area contributed by atoms with Crippen LogP contribution in [0.25, 0.3) is 11.1 Å². The first-order valence-electron chi connectivity index (χ1n) is 8.38. The van der Waals surface area contributed by atoms with Gasteiger partial charge in [0.25, 0.3) is 0 Å². The zero-order valence-electron chi connectivity index (χ0n) is 14.6. The second kappa shape index (κ2) is 9.37. The molecule has 0 unspecified atom stereocenters. The van der Waals surface area contributed by atoms with Crippen LogP contribution in [0, 0.1) is 11.3 Å². The topological polar surface area (TPSA) is 74.5 Å². The van der Waals surface area contributed by atoms with E-state index in [0.717, 1.165) is 22.4 Å². The average Bonchev–Trinajstić information content (AvgIpc) is 2.73. The smallest absolute Gasteiger partial charge is 0.180 e. The van der Waals surface area contributed by atoms with Gasteiger partial charge in [0, 0.05) is 5.75 Å². The van der Waals surface area contributed by atoms with Gasteiger partial charge < -0.3 is 5.73 Å². The normalized spacial score (nSPS) is 11.4. The van der Waals surface area contributed by atoms with Crippen molar-refractivity contribution < 1.29 is 0 Å². The maximum absolute atomic E-state index is 8.90. The molecule has 0 aromatic heterocycles. The van der Waals surface area contributed by atoms with Crippen molar-refractivity contribution in [2.45, 2.75) is 5.75 Å². The summed E-state index contributed by atoms with van der Waals surface area (Å²) in [6, 6.07) is 27.7. The molecule has 0 atom stereocenters. The molecular weight excluding hydrogens is 352 g/mol. The molecule has 132 valence electrons. The molecule has 3 aromatic rings. The van der Waals surface area contributed by atoms with Gasteiger partial charge in [0.05, 0.1) is 17.8 Å². The highest BCUT2D eigenvalue weighted by molar-refractivity contribution is 8.13. The average molecular weight is 370 g/mol. The Morgan fingerprint density at radius 1 is 0.963 bits per heavy atom. The van der Waals surface area contributed by atoms with Crippen LogP contribution in [0.5, 0.6) is 0 Å². The van der Waals surface area contributed by atoms with Gasteiger partial charge in [0.2, 0.25) is 0 Å². The van der Waals surface area contributed by atoms with E-state index in [-0.39, 0.29) is 0 Å². The summed E-state index contributed by atoms with van der Waals surface area (Å²) in [7, 11) is 0. The fourth-order valence-corrected chi connectivity index (χ4v) is 3.06. The van der Waals surface area contributed by atoms with Crippen LogP contribution < -0.4 is 5.73 Å². The molecule has 0 heterocycles. The molecule has 5 heteroatoms. The number of nitriles is 1. The molecule has 0 spiro atoms. The third kappa shape index (κ3) is 5.56. The van der Waals surface area contributed by atoms with E-state index in [0.29, 0.717) is 10.7 Å². The second-order valence-corrected chi connectivity index (χ2v) is 6.77. The minimum absolute atomic E-state index is 0.429. The monoisotopic (exact) mass is 370 g/mol. The molecule has 0 fully saturated rings.